The van der Waals surface area contributed by atoms with Crippen LogP contribution in [0.3, 0.4) is 0 Å². The van der Waals surface area contributed by atoms with Gasteiger partial charge in [-0.15, -0.1) is 0 Å². The first-order valence-corrected chi connectivity index (χ1v) is 7.85. The van der Waals surface area contributed by atoms with E-state index in [4.69, 9.17) is 4.74 Å². The average molecular weight is 357 g/mol. The Hall–Kier alpha value is -1.40. The van der Waals surface area contributed by atoms with Crippen LogP contribution in [0.15, 0.2) is 28.7 Å². The van der Waals surface area contributed by atoms with Gasteiger partial charge in [-0.05, 0) is 31.0 Å². The summed E-state index contributed by atoms with van der Waals surface area (Å²) in [6, 6.07) is 7.07. The summed E-state index contributed by atoms with van der Waals surface area (Å²) in [6.07, 6.45) is 2.84. The lowest BCUT2D eigenvalue weighted by molar-refractivity contribution is -0.136. The lowest BCUT2D eigenvalue weighted by Gasteiger charge is -2.07. The summed E-state index contributed by atoms with van der Waals surface area (Å²) >= 11 is 3.30. The smallest absolute Gasteiger partial charge is 0.313 e. The van der Waals surface area contributed by atoms with E-state index in [0.29, 0.717) is 25.3 Å². The highest BCUT2D eigenvalue weighted by atomic mass is 79.9. The van der Waals surface area contributed by atoms with E-state index < -0.39 is 11.8 Å². The fraction of sp³-hybridized carbons (Fsp3) is 0.467. The number of rotatable bonds is 8. The van der Waals surface area contributed by atoms with Gasteiger partial charge in [0, 0.05) is 29.9 Å². The highest BCUT2D eigenvalue weighted by molar-refractivity contribution is 9.10. The van der Waals surface area contributed by atoms with Gasteiger partial charge < -0.3 is 15.4 Å². The standard InChI is InChI=1S/C15H21BrN2O3/c1-2-3-9-21-10-5-8-17-14(19)15(20)18-13-7-4-6-12(16)11-13/h4,6-7,11H,2-3,5,8-10H2,1H3,(H,17,19)(H,18,20). The van der Waals surface area contributed by atoms with Crippen LogP contribution in [0, 0.1) is 0 Å². The maximum atomic E-state index is 11.7. The summed E-state index contributed by atoms with van der Waals surface area (Å²) in [4.78, 5) is 23.3. The fourth-order valence-corrected chi connectivity index (χ4v) is 1.96. The minimum Gasteiger partial charge on any atom is -0.381 e. The van der Waals surface area contributed by atoms with Crippen LogP contribution in [-0.2, 0) is 14.3 Å². The van der Waals surface area contributed by atoms with Crippen molar-refractivity contribution in [3.63, 3.8) is 0 Å². The third kappa shape index (κ3) is 7.82. The predicted molar refractivity (Wildman–Crippen MR) is 86.1 cm³/mol. The van der Waals surface area contributed by atoms with E-state index in [1.807, 2.05) is 6.07 Å². The molecule has 5 nitrogen and oxygen atoms in total. The van der Waals surface area contributed by atoms with E-state index in [0.717, 1.165) is 23.9 Å². The Labute approximate surface area is 133 Å². The molecule has 6 heteroatoms. The van der Waals surface area contributed by atoms with Crippen molar-refractivity contribution in [2.24, 2.45) is 0 Å². The topological polar surface area (TPSA) is 67.4 Å². The molecule has 0 bridgehead atoms. The van der Waals surface area contributed by atoms with Crippen molar-refractivity contribution >= 4 is 33.4 Å². The number of halogens is 1. The number of anilines is 1. The molecule has 0 aliphatic rings. The lowest BCUT2D eigenvalue weighted by atomic mass is 10.3. The number of carbonyl (C=O) groups excluding carboxylic acids is 2. The molecule has 0 saturated carbocycles. The SMILES string of the molecule is CCCCOCCCNC(=O)C(=O)Nc1cccc(Br)c1. The molecule has 116 valence electrons. The van der Waals surface area contributed by atoms with E-state index in [1.165, 1.54) is 0 Å². The molecular formula is C15H21BrN2O3. The third-order valence-electron chi connectivity index (χ3n) is 2.68. The summed E-state index contributed by atoms with van der Waals surface area (Å²) in [6.45, 7) is 3.87. The summed E-state index contributed by atoms with van der Waals surface area (Å²) in [5, 5.41) is 5.10. The number of benzene rings is 1. The second kappa shape index (κ2) is 10.3. The molecule has 1 aromatic carbocycles. The number of carbonyl (C=O) groups is 2. The maximum absolute atomic E-state index is 11.7. The minimum atomic E-state index is -0.667. The first-order valence-electron chi connectivity index (χ1n) is 7.06. The van der Waals surface area contributed by atoms with Crippen molar-refractivity contribution in [2.45, 2.75) is 26.2 Å². The summed E-state index contributed by atoms with van der Waals surface area (Å²) in [5.74, 6) is -1.30. The van der Waals surface area contributed by atoms with E-state index in [2.05, 4.69) is 33.5 Å². The van der Waals surface area contributed by atoms with Gasteiger partial charge in [-0.1, -0.05) is 35.3 Å². The Morgan fingerprint density at radius 2 is 1.95 bits per heavy atom. The highest BCUT2D eigenvalue weighted by Gasteiger charge is 2.12. The second-order valence-corrected chi connectivity index (χ2v) is 5.46. The van der Waals surface area contributed by atoms with Gasteiger partial charge in [0.05, 0.1) is 0 Å². The quantitative estimate of drug-likeness (QED) is 0.555. The molecule has 1 rings (SSSR count). The van der Waals surface area contributed by atoms with Crippen molar-refractivity contribution in [3.05, 3.63) is 28.7 Å². The van der Waals surface area contributed by atoms with Crippen LogP contribution in [0.25, 0.3) is 0 Å². The van der Waals surface area contributed by atoms with Crippen LogP contribution in [-0.4, -0.2) is 31.6 Å². The van der Waals surface area contributed by atoms with Gasteiger partial charge in [-0.25, -0.2) is 0 Å². The molecule has 0 aliphatic heterocycles. The molecule has 0 heterocycles. The zero-order valence-corrected chi connectivity index (χ0v) is 13.7. The van der Waals surface area contributed by atoms with Crippen LogP contribution in [0.2, 0.25) is 0 Å². The summed E-state index contributed by atoms with van der Waals surface area (Å²) in [7, 11) is 0. The van der Waals surface area contributed by atoms with Crippen LogP contribution >= 0.6 is 15.9 Å². The monoisotopic (exact) mass is 356 g/mol. The van der Waals surface area contributed by atoms with E-state index in [-0.39, 0.29) is 0 Å². The molecule has 0 aromatic heterocycles. The second-order valence-electron chi connectivity index (χ2n) is 4.54. The van der Waals surface area contributed by atoms with Crippen molar-refractivity contribution in [3.8, 4) is 0 Å². The molecular weight excluding hydrogens is 336 g/mol. The Morgan fingerprint density at radius 3 is 2.67 bits per heavy atom. The molecule has 2 N–H and O–H groups in total. The van der Waals surface area contributed by atoms with Gasteiger partial charge >= 0.3 is 11.8 Å². The number of nitrogens with one attached hydrogen (secondary N) is 2. The number of hydrogen-bond acceptors (Lipinski definition) is 3. The molecule has 0 aliphatic carbocycles. The summed E-state index contributed by atoms with van der Waals surface area (Å²) in [5.41, 5.74) is 0.576. The zero-order chi connectivity index (χ0) is 15.5. The van der Waals surface area contributed by atoms with Gasteiger partial charge in [0.25, 0.3) is 0 Å². The van der Waals surface area contributed by atoms with E-state index >= 15 is 0 Å². The normalized spacial score (nSPS) is 10.2. The van der Waals surface area contributed by atoms with Crippen LogP contribution in [0.1, 0.15) is 26.2 Å². The van der Waals surface area contributed by atoms with Gasteiger partial charge in [-0.3, -0.25) is 9.59 Å². The number of hydrogen-bond donors (Lipinski definition) is 2. The van der Waals surface area contributed by atoms with Crippen LogP contribution in [0.4, 0.5) is 5.69 Å². The van der Waals surface area contributed by atoms with Crippen molar-refractivity contribution in [1.82, 2.24) is 5.32 Å². The van der Waals surface area contributed by atoms with Crippen molar-refractivity contribution in [2.75, 3.05) is 25.1 Å². The van der Waals surface area contributed by atoms with Crippen molar-refractivity contribution < 1.29 is 14.3 Å². The minimum absolute atomic E-state index is 0.427. The molecule has 21 heavy (non-hydrogen) atoms. The van der Waals surface area contributed by atoms with E-state index in [1.54, 1.807) is 18.2 Å². The molecule has 0 radical (unpaired) electrons. The molecule has 0 saturated heterocycles. The third-order valence-corrected chi connectivity index (χ3v) is 3.18. The first-order chi connectivity index (χ1) is 10.1. The Bertz CT molecular complexity index is 466. The van der Waals surface area contributed by atoms with E-state index in [9.17, 15) is 9.59 Å². The van der Waals surface area contributed by atoms with Crippen LogP contribution in [0.5, 0.6) is 0 Å². The Kier molecular flexibility index (Phi) is 8.69. The number of amides is 2. The van der Waals surface area contributed by atoms with Gasteiger partial charge in [0.15, 0.2) is 0 Å². The molecule has 2 amide bonds. The largest absolute Gasteiger partial charge is 0.381 e. The number of unbranched alkanes of at least 4 members (excludes halogenated alkanes) is 1. The fourth-order valence-electron chi connectivity index (χ4n) is 1.56. The lowest BCUT2D eigenvalue weighted by Crippen LogP contribution is -2.36. The zero-order valence-electron chi connectivity index (χ0n) is 12.2. The summed E-state index contributed by atoms with van der Waals surface area (Å²) < 4.78 is 6.21. The Morgan fingerprint density at radius 1 is 1.19 bits per heavy atom. The number of ether oxygens (including phenoxy) is 1. The van der Waals surface area contributed by atoms with Crippen LogP contribution < -0.4 is 10.6 Å². The molecule has 1 aromatic rings. The average Bonchev–Trinajstić information content (AvgIpc) is 2.46. The first kappa shape index (κ1) is 17.7. The molecule has 0 spiro atoms. The van der Waals surface area contributed by atoms with Gasteiger partial charge in [0.1, 0.15) is 0 Å². The highest BCUT2D eigenvalue weighted by Crippen LogP contribution is 2.15. The van der Waals surface area contributed by atoms with Crippen molar-refractivity contribution in [1.29, 1.82) is 0 Å². The van der Waals surface area contributed by atoms with Gasteiger partial charge in [0.2, 0.25) is 0 Å². The Balaban J connectivity index is 2.18. The van der Waals surface area contributed by atoms with Gasteiger partial charge in [-0.2, -0.15) is 0 Å². The molecule has 0 unspecified atom stereocenters. The maximum Gasteiger partial charge on any atom is 0.313 e. The molecule has 0 atom stereocenters. The predicted octanol–water partition coefficient (Wildman–Crippen LogP) is 2.71. The molecule has 0 fully saturated rings.